The number of likely N-dealkylation sites (N-methyl/N-ethyl adjacent to an activating group) is 1. The van der Waals surface area contributed by atoms with Crippen LogP contribution in [0.1, 0.15) is 28.2 Å². The highest BCUT2D eigenvalue weighted by Gasteiger charge is 2.29. The van der Waals surface area contributed by atoms with Crippen molar-refractivity contribution in [3.8, 4) is 0 Å². The molecule has 1 aliphatic carbocycles. The molecule has 0 radical (unpaired) electrons. The number of nitrogens with one attached hydrogen (secondary N) is 1. The molecule has 4 heteroatoms. The van der Waals surface area contributed by atoms with E-state index in [2.05, 4.69) is 66.0 Å². The van der Waals surface area contributed by atoms with Crippen LogP contribution in [-0.2, 0) is 12.8 Å². The molecule has 0 aromatic heterocycles. The van der Waals surface area contributed by atoms with Gasteiger partial charge < -0.3 is 5.43 Å². The van der Waals surface area contributed by atoms with Gasteiger partial charge in [-0.05, 0) is 35.1 Å². The Kier molecular flexibility index (Phi) is 4.83. The lowest BCUT2D eigenvalue weighted by atomic mass is 9.87. The number of halogens is 1. The summed E-state index contributed by atoms with van der Waals surface area (Å²) in [5.41, 5.74) is 9.16. The summed E-state index contributed by atoms with van der Waals surface area (Å²) in [4.78, 5) is 4.81. The second kappa shape index (κ2) is 6.85. The second-order valence-corrected chi connectivity index (χ2v) is 6.13. The first kappa shape index (κ1) is 16.2. The summed E-state index contributed by atoms with van der Waals surface area (Å²) >= 11 is 0. The van der Waals surface area contributed by atoms with Crippen LogP contribution < -0.4 is 5.43 Å². The molecule has 4 rings (SSSR count). The van der Waals surface area contributed by atoms with Crippen molar-refractivity contribution in [3.63, 3.8) is 0 Å². The van der Waals surface area contributed by atoms with Gasteiger partial charge in [0, 0.05) is 13.6 Å². The van der Waals surface area contributed by atoms with Gasteiger partial charge in [0.1, 0.15) is 5.84 Å². The molecule has 23 heavy (non-hydrogen) atoms. The van der Waals surface area contributed by atoms with Gasteiger partial charge in [-0.1, -0.05) is 48.5 Å². The molecule has 1 aliphatic heterocycles. The molecule has 2 aromatic rings. The molecule has 0 saturated heterocycles. The van der Waals surface area contributed by atoms with Crippen LogP contribution in [0.4, 0.5) is 0 Å². The molecule has 2 aliphatic rings. The van der Waals surface area contributed by atoms with E-state index in [1.165, 1.54) is 22.3 Å². The number of aliphatic imine (C=N–C) groups is 1. The molecule has 1 N–H and O–H groups in total. The molecule has 0 saturated carbocycles. The molecule has 0 spiro atoms. The van der Waals surface area contributed by atoms with E-state index in [0.717, 1.165) is 31.8 Å². The zero-order valence-corrected chi connectivity index (χ0v) is 15.0. The zero-order valence-electron chi connectivity index (χ0n) is 13.3. The fraction of sp³-hybridized carbons (Fsp3) is 0.316. The zero-order chi connectivity index (χ0) is 14.9. The Morgan fingerprint density at radius 3 is 2.09 bits per heavy atom. The molecular formula is C19H22BrN3. The van der Waals surface area contributed by atoms with E-state index in [9.17, 15) is 0 Å². The van der Waals surface area contributed by atoms with Crippen LogP contribution in [0.2, 0.25) is 0 Å². The highest BCUT2D eigenvalue weighted by molar-refractivity contribution is 8.93. The van der Waals surface area contributed by atoms with Crippen molar-refractivity contribution >= 4 is 22.8 Å². The SMILES string of the molecule is Br.CN1CCN=C(C2c3ccccc3CCc3ccccc32)N1. The number of nitrogens with zero attached hydrogens (tertiary/aromatic N) is 2. The van der Waals surface area contributed by atoms with Gasteiger partial charge in [0.2, 0.25) is 0 Å². The minimum atomic E-state index is 0. The topological polar surface area (TPSA) is 27.6 Å². The van der Waals surface area contributed by atoms with Crippen molar-refractivity contribution in [2.24, 2.45) is 4.99 Å². The van der Waals surface area contributed by atoms with E-state index >= 15 is 0 Å². The fourth-order valence-electron chi connectivity index (χ4n) is 3.58. The standard InChI is InChI=1S/C19H21N3.BrH/c1-22-13-12-20-19(21-22)18-16-8-4-2-6-14(16)10-11-15-7-3-5-9-17(15)18;/h2-9,18H,10-13H2,1H3,(H,20,21);1H. The summed E-state index contributed by atoms with van der Waals surface area (Å²) in [5.74, 6) is 1.30. The number of hydrazine groups is 1. The molecule has 2 aromatic carbocycles. The third-order valence-corrected chi connectivity index (χ3v) is 4.69. The summed E-state index contributed by atoms with van der Waals surface area (Å²) in [6, 6.07) is 17.6. The van der Waals surface area contributed by atoms with Gasteiger partial charge >= 0.3 is 0 Å². The Balaban J connectivity index is 0.00000156. The van der Waals surface area contributed by atoms with Crippen molar-refractivity contribution in [2.45, 2.75) is 18.8 Å². The molecular weight excluding hydrogens is 350 g/mol. The summed E-state index contributed by atoms with van der Waals surface area (Å²) in [7, 11) is 2.09. The average Bonchev–Trinajstić information content (AvgIpc) is 2.71. The first-order valence-corrected chi connectivity index (χ1v) is 8.00. The van der Waals surface area contributed by atoms with Crippen molar-refractivity contribution in [2.75, 3.05) is 20.1 Å². The van der Waals surface area contributed by atoms with Crippen LogP contribution in [0.3, 0.4) is 0 Å². The normalized spacial score (nSPS) is 17.9. The summed E-state index contributed by atoms with van der Waals surface area (Å²) in [6.45, 7) is 1.82. The van der Waals surface area contributed by atoms with Crippen LogP contribution in [-0.4, -0.2) is 31.0 Å². The number of benzene rings is 2. The Morgan fingerprint density at radius 2 is 1.52 bits per heavy atom. The van der Waals surface area contributed by atoms with Crippen LogP contribution in [0.25, 0.3) is 0 Å². The third-order valence-electron chi connectivity index (χ3n) is 4.69. The summed E-state index contributed by atoms with van der Waals surface area (Å²) < 4.78 is 0. The van der Waals surface area contributed by atoms with E-state index in [4.69, 9.17) is 4.99 Å². The van der Waals surface area contributed by atoms with Crippen LogP contribution in [0.15, 0.2) is 53.5 Å². The van der Waals surface area contributed by atoms with Crippen molar-refractivity contribution in [1.82, 2.24) is 10.4 Å². The quantitative estimate of drug-likeness (QED) is 0.832. The summed E-state index contributed by atoms with van der Waals surface area (Å²) in [6.07, 6.45) is 2.21. The lowest BCUT2D eigenvalue weighted by molar-refractivity contribution is 0.284. The predicted octanol–water partition coefficient (Wildman–Crippen LogP) is 3.34. The van der Waals surface area contributed by atoms with Crippen molar-refractivity contribution in [1.29, 1.82) is 0 Å². The first-order chi connectivity index (χ1) is 10.8. The fourth-order valence-corrected chi connectivity index (χ4v) is 3.58. The maximum Gasteiger partial charge on any atom is 0.123 e. The van der Waals surface area contributed by atoms with Crippen LogP contribution in [0, 0.1) is 0 Å². The maximum atomic E-state index is 4.81. The van der Waals surface area contributed by atoms with Gasteiger partial charge in [0.05, 0.1) is 12.5 Å². The van der Waals surface area contributed by atoms with Gasteiger partial charge in [-0.25, -0.2) is 5.01 Å². The van der Waals surface area contributed by atoms with Crippen LogP contribution >= 0.6 is 17.0 Å². The maximum absolute atomic E-state index is 4.81. The molecule has 0 fully saturated rings. The van der Waals surface area contributed by atoms with Gasteiger partial charge in [-0.15, -0.1) is 17.0 Å². The summed E-state index contributed by atoms with van der Waals surface area (Å²) in [5, 5.41) is 2.14. The van der Waals surface area contributed by atoms with E-state index in [1.54, 1.807) is 0 Å². The van der Waals surface area contributed by atoms with Gasteiger partial charge in [-0.3, -0.25) is 4.99 Å². The second-order valence-electron chi connectivity index (χ2n) is 6.13. The number of aryl methyl sites for hydroxylation is 2. The van der Waals surface area contributed by atoms with Crippen molar-refractivity contribution < 1.29 is 0 Å². The molecule has 120 valence electrons. The number of fused-ring (bicyclic) bond motifs is 2. The molecule has 3 nitrogen and oxygen atoms in total. The van der Waals surface area contributed by atoms with Crippen molar-refractivity contribution in [3.05, 3.63) is 70.8 Å². The molecule has 0 bridgehead atoms. The van der Waals surface area contributed by atoms with Gasteiger partial charge in [0.25, 0.3) is 0 Å². The lowest BCUT2D eigenvalue weighted by Crippen LogP contribution is -2.47. The van der Waals surface area contributed by atoms with Crippen LogP contribution in [0.5, 0.6) is 0 Å². The highest BCUT2D eigenvalue weighted by Crippen LogP contribution is 2.35. The molecule has 0 unspecified atom stereocenters. The lowest BCUT2D eigenvalue weighted by Gasteiger charge is -2.30. The largest absolute Gasteiger partial charge is 0.306 e. The smallest absolute Gasteiger partial charge is 0.123 e. The molecule has 0 amide bonds. The first-order valence-electron chi connectivity index (χ1n) is 8.00. The monoisotopic (exact) mass is 371 g/mol. The highest BCUT2D eigenvalue weighted by atomic mass is 79.9. The molecule has 1 heterocycles. The van der Waals surface area contributed by atoms with E-state index in [-0.39, 0.29) is 22.9 Å². The third kappa shape index (κ3) is 3.06. The number of amidine groups is 1. The number of rotatable bonds is 1. The van der Waals surface area contributed by atoms with E-state index < -0.39 is 0 Å². The predicted molar refractivity (Wildman–Crippen MR) is 101 cm³/mol. The van der Waals surface area contributed by atoms with Gasteiger partial charge in [0.15, 0.2) is 0 Å². The number of hydrogen-bond donors (Lipinski definition) is 1. The Morgan fingerprint density at radius 1 is 0.957 bits per heavy atom. The van der Waals surface area contributed by atoms with E-state index in [1.807, 2.05) is 0 Å². The minimum Gasteiger partial charge on any atom is -0.306 e. The average molecular weight is 372 g/mol. The number of hydrogen-bond acceptors (Lipinski definition) is 3. The Hall–Kier alpha value is -1.65. The van der Waals surface area contributed by atoms with E-state index in [0.29, 0.717) is 0 Å². The Bertz CT molecular complexity index is 679. The minimum absolute atomic E-state index is 0. The van der Waals surface area contributed by atoms with Gasteiger partial charge in [-0.2, -0.15) is 0 Å². The molecule has 0 atom stereocenters. The Labute approximate surface area is 148 Å².